The van der Waals surface area contributed by atoms with Crippen molar-refractivity contribution in [1.82, 2.24) is 15.0 Å². The molecule has 1 heterocycles. The van der Waals surface area contributed by atoms with Crippen LogP contribution in [0.15, 0.2) is 24.4 Å². The van der Waals surface area contributed by atoms with Crippen molar-refractivity contribution in [2.24, 2.45) is 0 Å². The van der Waals surface area contributed by atoms with Crippen molar-refractivity contribution in [2.75, 3.05) is 5.32 Å². The number of anilines is 1. The predicted molar refractivity (Wildman–Crippen MR) is 65.6 cm³/mol. The van der Waals surface area contributed by atoms with Gasteiger partial charge in [0.25, 0.3) is 0 Å². The lowest BCUT2D eigenvalue weighted by Gasteiger charge is -2.06. The van der Waals surface area contributed by atoms with Crippen molar-refractivity contribution in [3.63, 3.8) is 0 Å². The van der Waals surface area contributed by atoms with Gasteiger partial charge in [-0.05, 0) is 19.1 Å². The Hall–Kier alpha value is -2.35. The Kier molecular flexibility index (Phi) is 4.04. The first-order valence-electron chi connectivity index (χ1n) is 5.78. The van der Waals surface area contributed by atoms with Gasteiger partial charge in [-0.15, -0.1) is 5.10 Å². The number of aliphatic hydroxyl groups is 1. The first-order chi connectivity index (χ1) is 9.45. The molecule has 20 heavy (non-hydrogen) atoms. The third-order valence-corrected chi connectivity index (χ3v) is 2.49. The lowest BCUT2D eigenvalue weighted by Crippen LogP contribution is -2.20. The van der Waals surface area contributed by atoms with Crippen molar-refractivity contribution in [3.8, 4) is 0 Å². The number of rotatable bonds is 4. The normalized spacial score (nSPS) is 12.2. The standard InChI is InChI=1S/C12H12F2N4O2/c1-7(19)11-5-18(17-16-11)6-12(20)15-10-4-8(13)2-3-9(10)14/h2-5,7,19H,6H2,1H3,(H,15,20). The molecule has 0 saturated heterocycles. The number of benzene rings is 1. The molecule has 0 spiro atoms. The van der Waals surface area contributed by atoms with Gasteiger partial charge >= 0.3 is 0 Å². The molecule has 0 fully saturated rings. The highest BCUT2D eigenvalue weighted by Gasteiger charge is 2.11. The summed E-state index contributed by atoms with van der Waals surface area (Å²) in [6, 6.07) is 2.76. The molecule has 2 N–H and O–H groups in total. The number of carbonyl (C=O) groups is 1. The van der Waals surface area contributed by atoms with E-state index in [1.54, 1.807) is 0 Å². The lowest BCUT2D eigenvalue weighted by molar-refractivity contribution is -0.117. The predicted octanol–water partition coefficient (Wildman–Crippen LogP) is 1.25. The maximum absolute atomic E-state index is 13.3. The monoisotopic (exact) mass is 282 g/mol. The van der Waals surface area contributed by atoms with E-state index in [0.29, 0.717) is 5.69 Å². The second-order valence-corrected chi connectivity index (χ2v) is 4.19. The van der Waals surface area contributed by atoms with E-state index in [0.717, 1.165) is 18.2 Å². The van der Waals surface area contributed by atoms with Crippen LogP contribution in [0.1, 0.15) is 18.7 Å². The van der Waals surface area contributed by atoms with Gasteiger partial charge in [0.2, 0.25) is 5.91 Å². The average molecular weight is 282 g/mol. The fraction of sp³-hybridized carbons (Fsp3) is 0.250. The minimum Gasteiger partial charge on any atom is -0.387 e. The first kappa shape index (κ1) is 14.1. The maximum Gasteiger partial charge on any atom is 0.246 e. The van der Waals surface area contributed by atoms with Gasteiger partial charge in [-0.3, -0.25) is 4.79 Å². The molecule has 0 aliphatic rings. The van der Waals surface area contributed by atoms with Crippen molar-refractivity contribution >= 4 is 11.6 Å². The molecule has 6 nitrogen and oxygen atoms in total. The van der Waals surface area contributed by atoms with E-state index < -0.39 is 23.6 Å². The summed E-state index contributed by atoms with van der Waals surface area (Å²) in [5, 5.41) is 18.8. The number of hydrogen-bond acceptors (Lipinski definition) is 4. The van der Waals surface area contributed by atoms with Gasteiger partial charge in [0, 0.05) is 6.07 Å². The molecule has 2 aromatic rings. The molecule has 1 amide bonds. The summed E-state index contributed by atoms with van der Waals surface area (Å²) in [6.45, 7) is 1.28. The molecule has 0 aliphatic carbocycles. The molecule has 2 rings (SSSR count). The van der Waals surface area contributed by atoms with Crippen molar-refractivity contribution < 1.29 is 18.7 Å². The maximum atomic E-state index is 13.3. The fourth-order valence-corrected chi connectivity index (χ4v) is 1.51. The molecule has 106 valence electrons. The first-order valence-corrected chi connectivity index (χ1v) is 5.78. The van der Waals surface area contributed by atoms with Crippen LogP contribution >= 0.6 is 0 Å². The van der Waals surface area contributed by atoms with Crippen LogP contribution in [-0.4, -0.2) is 26.0 Å². The highest BCUT2D eigenvalue weighted by atomic mass is 19.1. The molecule has 1 aromatic carbocycles. The number of hydrogen-bond donors (Lipinski definition) is 2. The topological polar surface area (TPSA) is 80.0 Å². The van der Waals surface area contributed by atoms with Crippen LogP contribution in [0.4, 0.5) is 14.5 Å². The number of nitrogens with one attached hydrogen (secondary N) is 1. The SMILES string of the molecule is CC(O)c1cn(CC(=O)Nc2cc(F)ccc2F)nn1. The summed E-state index contributed by atoms with van der Waals surface area (Å²) in [6.07, 6.45) is 0.596. The summed E-state index contributed by atoms with van der Waals surface area (Å²) in [5.74, 6) is -1.97. The van der Waals surface area contributed by atoms with E-state index in [-0.39, 0.29) is 12.2 Å². The Labute approximate surface area is 113 Å². The third kappa shape index (κ3) is 3.35. The van der Waals surface area contributed by atoms with Crippen LogP contribution in [0.3, 0.4) is 0 Å². The number of amides is 1. The van der Waals surface area contributed by atoms with E-state index >= 15 is 0 Å². The third-order valence-electron chi connectivity index (χ3n) is 2.49. The number of nitrogens with zero attached hydrogens (tertiary/aromatic N) is 3. The summed E-state index contributed by atoms with van der Waals surface area (Å²) >= 11 is 0. The summed E-state index contributed by atoms with van der Waals surface area (Å²) in [4.78, 5) is 11.7. The van der Waals surface area contributed by atoms with Crippen molar-refractivity contribution in [1.29, 1.82) is 0 Å². The van der Waals surface area contributed by atoms with Gasteiger partial charge in [-0.25, -0.2) is 13.5 Å². The van der Waals surface area contributed by atoms with E-state index in [9.17, 15) is 18.7 Å². The summed E-state index contributed by atoms with van der Waals surface area (Å²) < 4.78 is 27.5. The van der Waals surface area contributed by atoms with Gasteiger partial charge in [-0.2, -0.15) is 0 Å². The highest BCUT2D eigenvalue weighted by molar-refractivity contribution is 5.90. The largest absolute Gasteiger partial charge is 0.387 e. The zero-order valence-corrected chi connectivity index (χ0v) is 10.5. The van der Waals surface area contributed by atoms with Gasteiger partial charge in [0.05, 0.1) is 18.0 Å². The van der Waals surface area contributed by atoms with Crippen LogP contribution in [0.25, 0.3) is 0 Å². The van der Waals surface area contributed by atoms with E-state index in [4.69, 9.17) is 0 Å². The zero-order chi connectivity index (χ0) is 14.7. The molecular weight excluding hydrogens is 270 g/mol. The van der Waals surface area contributed by atoms with Crippen LogP contribution in [0, 0.1) is 11.6 Å². The average Bonchev–Trinajstić information content (AvgIpc) is 2.82. The molecule has 0 aliphatic heterocycles. The number of carbonyl (C=O) groups excluding carboxylic acids is 1. The summed E-state index contributed by atoms with van der Waals surface area (Å²) in [5.41, 5.74) is 0.0700. The van der Waals surface area contributed by atoms with Crippen LogP contribution in [0.2, 0.25) is 0 Å². The van der Waals surface area contributed by atoms with E-state index in [2.05, 4.69) is 15.6 Å². The van der Waals surface area contributed by atoms with E-state index in [1.807, 2.05) is 0 Å². The molecule has 0 radical (unpaired) electrons. The smallest absolute Gasteiger partial charge is 0.246 e. The number of aliphatic hydroxyl groups excluding tert-OH is 1. The lowest BCUT2D eigenvalue weighted by atomic mass is 10.3. The van der Waals surface area contributed by atoms with Gasteiger partial charge in [0.1, 0.15) is 23.9 Å². The fourth-order valence-electron chi connectivity index (χ4n) is 1.51. The number of aromatic nitrogens is 3. The van der Waals surface area contributed by atoms with Crippen LogP contribution in [0.5, 0.6) is 0 Å². The van der Waals surface area contributed by atoms with Gasteiger partial charge in [-0.1, -0.05) is 5.21 Å². The molecule has 1 unspecified atom stereocenters. The Bertz CT molecular complexity index is 628. The second kappa shape index (κ2) is 5.74. The Morgan fingerprint density at radius 3 is 2.90 bits per heavy atom. The minimum absolute atomic E-state index is 0.227. The zero-order valence-electron chi connectivity index (χ0n) is 10.5. The van der Waals surface area contributed by atoms with Crippen LogP contribution in [-0.2, 0) is 11.3 Å². The molecular formula is C12H12F2N4O2. The quantitative estimate of drug-likeness (QED) is 0.884. The van der Waals surface area contributed by atoms with E-state index in [1.165, 1.54) is 17.8 Å². The van der Waals surface area contributed by atoms with Gasteiger partial charge in [0.15, 0.2) is 0 Å². The van der Waals surface area contributed by atoms with Gasteiger partial charge < -0.3 is 10.4 Å². The number of halogens is 2. The Morgan fingerprint density at radius 2 is 2.25 bits per heavy atom. The van der Waals surface area contributed by atoms with Crippen LogP contribution < -0.4 is 5.32 Å². The Morgan fingerprint density at radius 1 is 1.50 bits per heavy atom. The van der Waals surface area contributed by atoms with Crippen molar-refractivity contribution in [3.05, 3.63) is 41.7 Å². The highest BCUT2D eigenvalue weighted by Crippen LogP contribution is 2.15. The summed E-state index contributed by atoms with van der Waals surface area (Å²) in [7, 11) is 0. The molecule has 1 aromatic heterocycles. The molecule has 8 heteroatoms. The van der Waals surface area contributed by atoms with Crippen molar-refractivity contribution in [2.45, 2.75) is 19.6 Å². The minimum atomic E-state index is -0.799. The molecule has 1 atom stereocenters. The second-order valence-electron chi connectivity index (χ2n) is 4.19. The molecule has 0 bridgehead atoms. The molecule has 0 saturated carbocycles. The Balaban J connectivity index is 2.03.